The molecule has 5 nitrogen and oxygen atoms in total. The van der Waals surface area contributed by atoms with Crippen LogP contribution in [0.3, 0.4) is 0 Å². The molecule has 0 aliphatic carbocycles. The number of carbonyl (C=O) groups excluding carboxylic acids is 2. The molecule has 1 aliphatic rings. The van der Waals surface area contributed by atoms with Crippen molar-refractivity contribution in [1.82, 2.24) is 0 Å². The van der Waals surface area contributed by atoms with Gasteiger partial charge in [0, 0.05) is 4.76 Å². The third-order valence-electron chi connectivity index (χ3n) is 1.31. The Kier molecular flexibility index (Phi) is 1.13. The van der Waals surface area contributed by atoms with Crippen molar-refractivity contribution in [3.8, 4) is 0 Å². The quantitative estimate of drug-likeness (QED) is 0.144. The van der Waals surface area contributed by atoms with E-state index in [1.807, 2.05) is 0 Å². The van der Waals surface area contributed by atoms with Gasteiger partial charge < -0.3 is 0 Å². The van der Waals surface area contributed by atoms with Crippen LogP contribution in [0.2, 0.25) is 0 Å². The highest BCUT2D eigenvalue weighted by Gasteiger charge is 2.47. The maximum Gasteiger partial charge on any atom is 0.373 e. The molecule has 0 radical (unpaired) electrons. The van der Waals surface area contributed by atoms with E-state index in [1.165, 1.54) is 0 Å². The maximum absolute atomic E-state index is 10.5. The molecule has 50 valence electrons. The molecule has 1 aliphatic heterocycles. The number of carbonyl (C=O) groups is 2. The summed E-state index contributed by atoms with van der Waals surface area (Å²) in [6.45, 7) is 0. The molecule has 0 bridgehead atoms. The largest absolute Gasteiger partial charge is 0.373 e. The lowest BCUT2D eigenvalue weighted by atomic mass is 10.4. The van der Waals surface area contributed by atoms with Crippen LogP contribution < -0.4 is 5.84 Å². The van der Waals surface area contributed by atoms with Gasteiger partial charge in [-0.05, 0) is 0 Å². The summed E-state index contributed by atoms with van der Waals surface area (Å²) in [5.41, 5.74) is 0. The zero-order chi connectivity index (χ0) is 7.07. The third kappa shape index (κ3) is 0.748. The molecule has 0 aromatic carbocycles. The molecule has 0 spiro atoms. The lowest BCUT2D eigenvalue weighted by Gasteiger charge is -2.09. The fourth-order valence-electron chi connectivity index (χ4n) is 0.694. The van der Waals surface area contributed by atoms with Crippen LogP contribution in [0.1, 0.15) is 12.8 Å². The smallest absolute Gasteiger partial charge is 0.225 e. The molecular weight excluding hydrogens is 124 g/mol. The molecule has 1 fully saturated rings. The lowest BCUT2D eigenvalue weighted by Crippen LogP contribution is -2.55. The summed E-state index contributed by atoms with van der Waals surface area (Å²) >= 11 is 0. The Morgan fingerprint density at radius 3 is 1.78 bits per heavy atom. The van der Waals surface area contributed by atoms with E-state index in [1.54, 1.807) is 0 Å². The van der Waals surface area contributed by atoms with Crippen LogP contribution in [0.4, 0.5) is 0 Å². The van der Waals surface area contributed by atoms with E-state index >= 15 is 0 Å². The first-order valence-electron chi connectivity index (χ1n) is 2.52. The first-order valence-corrected chi connectivity index (χ1v) is 2.52. The highest BCUT2D eigenvalue weighted by Crippen LogP contribution is 2.13. The summed E-state index contributed by atoms with van der Waals surface area (Å²) in [6.07, 6.45) is 0.0949. The molecule has 0 saturated carbocycles. The molecule has 2 amide bonds. The number of nitrogens with two attached hydrogens (primary N) is 1. The minimum absolute atomic E-state index is 0.0475. The number of amides is 2. The van der Waals surface area contributed by atoms with E-state index < -0.39 is 16.6 Å². The average molecular weight is 131 g/mol. The standard InChI is InChI=1S/C4H7N2O3/c5-6(9)3(7)1-2-4(6)8/h9H,1-2,5H2/q+1. The van der Waals surface area contributed by atoms with Gasteiger partial charge in [-0.1, -0.05) is 0 Å². The van der Waals surface area contributed by atoms with Crippen LogP contribution in [-0.4, -0.2) is 21.8 Å². The molecule has 1 heterocycles. The van der Waals surface area contributed by atoms with Crippen LogP contribution in [0, 0.1) is 0 Å². The highest BCUT2D eigenvalue weighted by atomic mass is 16.6. The summed E-state index contributed by atoms with van der Waals surface area (Å²) in [6, 6.07) is 0. The van der Waals surface area contributed by atoms with Gasteiger partial charge in [0.25, 0.3) is 0 Å². The van der Waals surface area contributed by atoms with Crippen LogP contribution in [0.5, 0.6) is 0 Å². The van der Waals surface area contributed by atoms with Crippen molar-refractivity contribution >= 4 is 11.8 Å². The molecule has 1 saturated heterocycles. The second-order valence-electron chi connectivity index (χ2n) is 1.97. The average Bonchev–Trinajstić information content (AvgIpc) is 1.96. The van der Waals surface area contributed by atoms with Crippen molar-refractivity contribution in [3.63, 3.8) is 0 Å². The topological polar surface area (TPSA) is 80.4 Å². The Bertz CT molecular complexity index is 157. The molecule has 0 aromatic heterocycles. The second-order valence-corrected chi connectivity index (χ2v) is 1.97. The van der Waals surface area contributed by atoms with Gasteiger partial charge in [-0.2, -0.15) is 5.21 Å². The number of hydroxylamine groups is 2. The minimum Gasteiger partial charge on any atom is -0.225 e. The first-order chi connectivity index (χ1) is 4.05. The molecule has 3 N–H and O–H groups in total. The van der Waals surface area contributed by atoms with E-state index in [4.69, 9.17) is 11.0 Å². The van der Waals surface area contributed by atoms with Crippen molar-refractivity contribution in [3.05, 3.63) is 0 Å². The van der Waals surface area contributed by atoms with E-state index in [2.05, 4.69) is 0 Å². The van der Waals surface area contributed by atoms with Gasteiger partial charge in [0.2, 0.25) is 0 Å². The Morgan fingerprint density at radius 2 is 1.67 bits per heavy atom. The zero-order valence-electron chi connectivity index (χ0n) is 4.70. The molecule has 1 rings (SSSR count). The highest BCUT2D eigenvalue weighted by molar-refractivity contribution is 5.90. The molecule has 5 heteroatoms. The summed E-state index contributed by atoms with van der Waals surface area (Å²) in [7, 11) is 0. The molecule has 0 aromatic rings. The number of imide groups is 1. The van der Waals surface area contributed by atoms with Gasteiger partial charge in [-0.25, -0.2) is 9.59 Å². The Labute approximate surface area is 51.2 Å². The zero-order valence-corrected chi connectivity index (χ0v) is 4.70. The van der Waals surface area contributed by atoms with Crippen molar-refractivity contribution in [2.75, 3.05) is 0 Å². The van der Waals surface area contributed by atoms with Crippen LogP contribution in [-0.2, 0) is 9.59 Å². The summed E-state index contributed by atoms with van der Waals surface area (Å²) in [5, 5.41) is 8.75. The number of hydrogen-bond donors (Lipinski definition) is 2. The fraction of sp³-hybridized carbons (Fsp3) is 0.500. The molecule has 0 unspecified atom stereocenters. The summed E-state index contributed by atoms with van der Waals surface area (Å²) < 4.78 is -1.56. The molecule has 0 atom stereocenters. The van der Waals surface area contributed by atoms with Gasteiger partial charge in [0.05, 0.1) is 12.8 Å². The van der Waals surface area contributed by atoms with Crippen molar-refractivity contribution in [1.29, 1.82) is 0 Å². The molecular formula is C4H7N2O3+. The van der Waals surface area contributed by atoms with Crippen molar-refractivity contribution < 1.29 is 19.6 Å². The Balaban J connectivity index is 2.91. The van der Waals surface area contributed by atoms with Crippen LogP contribution in [0.15, 0.2) is 0 Å². The van der Waals surface area contributed by atoms with E-state index in [0.717, 1.165) is 0 Å². The number of rotatable bonds is 0. The van der Waals surface area contributed by atoms with E-state index in [0.29, 0.717) is 0 Å². The first kappa shape index (κ1) is 6.34. The van der Waals surface area contributed by atoms with E-state index in [-0.39, 0.29) is 12.8 Å². The normalized spacial score (nSPS) is 25.1. The van der Waals surface area contributed by atoms with Gasteiger partial charge >= 0.3 is 11.8 Å². The van der Waals surface area contributed by atoms with Gasteiger partial charge in [-0.15, -0.1) is 5.84 Å². The Hall–Kier alpha value is -0.780. The minimum atomic E-state index is -1.56. The van der Waals surface area contributed by atoms with Gasteiger partial charge in [-0.3, -0.25) is 0 Å². The summed E-state index contributed by atoms with van der Waals surface area (Å²) in [5.74, 6) is 3.58. The van der Waals surface area contributed by atoms with Gasteiger partial charge in [0.1, 0.15) is 0 Å². The van der Waals surface area contributed by atoms with Gasteiger partial charge in [0.15, 0.2) is 0 Å². The summed E-state index contributed by atoms with van der Waals surface area (Å²) in [4.78, 5) is 21.0. The van der Waals surface area contributed by atoms with Crippen LogP contribution in [0.25, 0.3) is 0 Å². The second kappa shape index (κ2) is 1.60. The number of quaternary nitrogens is 1. The lowest BCUT2D eigenvalue weighted by molar-refractivity contribution is -0.981. The van der Waals surface area contributed by atoms with Crippen molar-refractivity contribution in [2.24, 2.45) is 5.84 Å². The van der Waals surface area contributed by atoms with Crippen molar-refractivity contribution in [2.45, 2.75) is 12.8 Å². The fourth-order valence-corrected chi connectivity index (χ4v) is 0.694. The molecule has 9 heavy (non-hydrogen) atoms. The third-order valence-corrected chi connectivity index (χ3v) is 1.31. The SMILES string of the molecule is N[N+]1(O)C(=O)CCC1=O. The maximum atomic E-state index is 10.5. The van der Waals surface area contributed by atoms with E-state index in [9.17, 15) is 9.59 Å². The number of nitrogens with zero attached hydrogens (tertiary/aromatic N) is 1. The monoisotopic (exact) mass is 131 g/mol. The predicted molar refractivity (Wildman–Crippen MR) is 25.5 cm³/mol. The van der Waals surface area contributed by atoms with Crippen LogP contribution >= 0.6 is 0 Å². The number of hydrogen-bond acceptors (Lipinski definition) is 4. The predicted octanol–water partition coefficient (Wildman–Crippen LogP) is -1.09. The Morgan fingerprint density at radius 1 is 1.33 bits per heavy atom.